The lowest BCUT2D eigenvalue weighted by Crippen LogP contribution is -2.19. The van der Waals surface area contributed by atoms with E-state index in [9.17, 15) is 0 Å². The van der Waals surface area contributed by atoms with Crippen LogP contribution in [0.4, 0.5) is 0 Å². The average Bonchev–Trinajstić information content (AvgIpc) is 2.92. The van der Waals surface area contributed by atoms with Gasteiger partial charge in [0.1, 0.15) is 0 Å². The van der Waals surface area contributed by atoms with Crippen molar-refractivity contribution >= 4 is 11.6 Å². The molecule has 1 aliphatic rings. The van der Waals surface area contributed by atoms with Crippen LogP contribution in [0.5, 0.6) is 0 Å². The molecule has 0 bridgehead atoms. The molecule has 0 heterocycles. The van der Waals surface area contributed by atoms with Crippen LogP contribution in [0.2, 0.25) is 5.02 Å². The van der Waals surface area contributed by atoms with Crippen molar-refractivity contribution in [1.29, 1.82) is 0 Å². The van der Waals surface area contributed by atoms with Gasteiger partial charge in [-0.05, 0) is 67.1 Å². The van der Waals surface area contributed by atoms with Gasteiger partial charge < -0.3 is 5.32 Å². The van der Waals surface area contributed by atoms with Crippen LogP contribution in [0.15, 0.2) is 36.4 Å². The Labute approximate surface area is 126 Å². The van der Waals surface area contributed by atoms with Crippen molar-refractivity contribution in [2.75, 3.05) is 7.05 Å². The molecule has 0 saturated heterocycles. The normalized spacial score (nSPS) is 15.2. The number of hydrogen-bond donors (Lipinski definition) is 1. The van der Waals surface area contributed by atoms with Crippen LogP contribution in [-0.4, -0.2) is 7.05 Å². The number of fused-ring (bicyclic) bond motifs is 1. The predicted molar refractivity (Wildman–Crippen MR) is 85.6 cm³/mol. The molecule has 0 fully saturated rings. The van der Waals surface area contributed by atoms with E-state index in [0.29, 0.717) is 0 Å². The van der Waals surface area contributed by atoms with Crippen molar-refractivity contribution in [3.63, 3.8) is 0 Å². The average molecular weight is 286 g/mol. The Morgan fingerprint density at radius 2 is 1.90 bits per heavy atom. The van der Waals surface area contributed by atoms with Gasteiger partial charge >= 0.3 is 0 Å². The quantitative estimate of drug-likeness (QED) is 0.879. The lowest BCUT2D eigenvalue weighted by molar-refractivity contribution is 0.686. The summed E-state index contributed by atoms with van der Waals surface area (Å²) in [6.45, 7) is 2.09. The first-order chi connectivity index (χ1) is 9.70. The minimum atomic E-state index is 0.208. The van der Waals surface area contributed by atoms with Gasteiger partial charge in [0.2, 0.25) is 0 Å². The Kier molecular flexibility index (Phi) is 3.82. The SMILES string of the molecule is CNC(c1ccc2c(c1)CCC2)c1cccc(Cl)c1C. The summed E-state index contributed by atoms with van der Waals surface area (Å²) in [6, 6.07) is 13.3. The van der Waals surface area contributed by atoms with E-state index >= 15 is 0 Å². The van der Waals surface area contributed by atoms with E-state index in [1.165, 1.54) is 41.5 Å². The standard InChI is InChI=1S/C18H20ClN/c1-12-16(7-4-8-17(12)19)18(20-2)15-10-9-13-5-3-6-14(13)11-15/h4,7-11,18,20H,3,5-6H2,1-2H3. The molecule has 1 atom stereocenters. The topological polar surface area (TPSA) is 12.0 Å². The van der Waals surface area contributed by atoms with E-state index < -0.39 is 0 Å². The predicted octanol–water partition coefficient (Wildman–Crippen LogP) is 4.45. The van der Waals surface area contributed by atoms with Crippen molar-refractivity contribution in [3.05, 3.63) is 69.2 Å². The maximum absolute atomic E-state index is 6.27. The number of aryl methyl sites for hydroxylation is 2. The monoisotopic (exact) mass is 285 g/mol. The molecule has 0 aliphatic heterocycles. The second kappa shape index (κ2) is 5.59. The molecular formula is C18H20ClN. The fourth-order valence-corrected chi connectivity index (χ4v) is 3.39. The van der Waals surface area contributed by atoms with E-state index in [2.05, 4.69) is 36.5 Å². The third-order valence-electron chi connectivity index (χ3n) is 4.37. The largest absolute Gasteiger partial charge is 0.309 e. The highest BCUT2D eigenvalue weighted by molar-refractivity contribution is 6.31. The second-order valence-corrected chi connectivity index (χ2v) is 5.96. The van der Waals surface area contributed by atoms with Crippen LogP contribution in [0.25, 0.3) is 0 Å². The third-order valence-corrected chi connectivity index (χ3v) is 4.77. The minimum absolute atomic E-state index is 0.208. The number of benzene rings is 2. The third kappa shape index (κ3) is 2.36. The highest BCUT2D eigenvalue weighted by atomic mass is 35.5. The molecule has 2 heteroatoms. The van der Waals surface area contributed by atoms with Crippen LogP contribution >= 0.6 is 11.6 Å². The zero-order valence-electron chi connectivity index (χ0n) is 12.0. The number of rotatable bonds is 3. The summed E-state index contributed by atoms with van der Waals surface area (Å²) in [7, 11) is 2.01. The van der Waals surface area contributed by atoms with E-state index in [1.807, 2.05) is 19.2 Å². The Balaban J connectivity index is 2.03. The maximum Gasteiger partial charge on any atom is 0.0577 e. The molecule has 1 unspecified atom stereocenters. The molecule has 0 saturated carbocycles. The highest BCUT2D eigenvalue weighted by Crippen LogP contribution is 2.31. The Morgan fingerprint density at radius 3 is 2.70 bits per heavy atom. The zero-order valence-corrected chi connectivity index (χ0v) is 12.8. The first kappa shape index (κ1) is 13.7. The summed E-state index contributed by atoms with van der Waals surface area (Å²) in [4.78, 5) is 0. The van der Waals surface area contributed by atoms with Crippen molar-refractivity contribution < 1.29 is 0 Å². The molecule has 1 N–H and O–H groups in total. The van der Waals surface area contributed by atoms with Crippen molar-refractivity contribution in [2.24, 2.45) is 0 Å². The molecular weight excluding hydrogens is 266 g/mol. The van der Waals surface area contributed by atoms with Gasteiger partial charge in [0, 0.05) is 5.02 Å². The van der Waals surface area contributed by atoms with Crippen LogP contribution in [0, 0.1) is 6.92 Å². The molecule has 1 nitrogen and oxygen atoms in total. The van der Waals surface area contributed by atoms with E-state index in [-0.39, 0.29) is 6.04 Å². The van der Waals surface area contributed by atoms with Crippen molar-refractivity contribution in [2.45, 2.75) is 32.2 Å². The molecule has 2 aromatic carbocycles. The van der Waals surface area contributed by atoms with E-state index in [1.54, 1.807) is 0 Å². The Morgan fingerprint density at radius 1 is 1.10 bits per heavy atom. The van der Waals surface area contributed by atoms with Crippen molar-refractivity contribution in [1.82, 2.24) is 5.32 Å². The molecule has 3 rings (SSSR count). The van der Waals surface area contributed by atoms with Crippen LogP contribution in [0.3, 0.4) is 0 Å². The van der Waals surface area contributed by atoms with Gasteiger partial charge in [-0.15, -0.1) is 0 Å². The van der Waals surface area contributed by atoms with Gasteiger partial charge in [-0.25, -0.2) is 0 Å². The lowest BCUT2D eigenvalue weighted by atomic mass is 9.93. The van der Waals surface area contributed by atoms with Crippen molar-refractivity contribution in [3.8, 4) is 0 Å². The highest BCUT2D eigenvalue weighted by Gasteiger charge is 2.18. The minimum Gasteiger partial charge on any atom is -0.309 e. The van der Waals surface area contributed by atoms with Crippen LogP contribution < -0.4 is 5.32 Å². The van der Waals surface area contributed by atoms with E-state index in [4.69, 9.17) is 11.6 Å². The molecule has 0 radical (unpaired) electrons. The molecule has 0 aromatic heterocycles. The maximum atomic E-state index is 6.27. The fraction of sp³-hybridized carbons (Fsp3) is 0.333. The van der Waals surface area contributed by atoms with E-state index in [0.717, 1.165) is 10.6 Å². The zero-order chi connectivity index (χ0) is 14.1. The lowest BCUT2D eigenvalue weighted by Gasteiger charge is -2.21. The Bertz CT molecular complexity index is 633. The summed E-state index contributed by atoms with van der Waals surface area (Å²) in [5.41, 5.74) is 6.79. The Hall–Kier alpha value is -1.31. The fourth-order valence-electron chi connectivity index (χ4n) is 3.21. The summed E-state index contributed by atoms with van der Waals surface area (Å²) in [5, 5.41) is 4.27. The van der Waals surface area contributed by atoms with Gasteiger partial charge in [0.05, 0.1) is 6.04 Å². The molecule has 104 valence electrons. The van der Waals surface area contributed by atoms with Crippen LogP contribution in [-0.2, 0) is 12.8 Å². The number of nitrogens with one attached hydrogen (secondary N) is 1. The molecule has 1 aliphatic carbocycles. The summed E-state index contributed by atoms with van der Waals surface area (Å²) < 4.78 is 0. The van der Waals surface area contributed by atoms with Gasteiger partial charge in [0.25, 0.3) is 0 Å². The van der Waals surface area contributed by atoms with Gasteiger partial charge in [-0.1, -0.05) is 41.9 Å². The molecule has 0 amide bonds. The van der Waals surface area contributed by atoms with Gasteiger partial charge in [0.15, 0.2) is 0 Å². The van der Waals surface area contributed by atoms with Gasteiger partial charge in [-0.3, -0.25) is 0 Å². The molecule has 2 aromatic rings. The smallest absolute Gasteiger partial charge is 0.0577 e. The second-order valence-electron chi connectivity index (χ2n) is 5.56. The molecule has 0 spiro atoms. The summed E-state index contributed by atoms with van der Waals surface area (Å²) >= 11 is 6.27. The first-order valence-corrected chi connectivity index (χ1v) is 7.62. The number of halogens is 1. The van der Waals surface area contributed by atoms with Crippen LogP contribution in [0.1, 0.15) is 40.3 Å². The molecule has 20 heavy (non-hydrogen) atoms. The first-order valence-electron chi connectivity index (χ1n) is 7.24. The summed E-state index contributed by atoms with van der Waals surface area (Å²) in [6.07, 6.45) is 3.74. The van der Waals surface area contributed by atoms with Gasteiger partial charge in [-0.2, -0.15) is 0 Å². The number of hydrogen-bond acceptors (Lipinski definition) is 1. The summed E-state index contributed by atoms with van der Waals surface area (Å²) in [5.74, 6) is 0.